The van der Waals surface area contributed by atoms with Gasteiger partial charge in [-0.2, -0.15) is 0 Å². The Balaban J connectivity index is 0.00000242. The number of halogens is 2. The number of benzene rings is 1. The topological polar surface area (TPSA) is 64.3 Å². The molecule has 0 saturated heterocycles. The summed E-state index contributed by atoms with van der Waals surface area (Å²) in [5.41, 5.74) is 6.43. The molecular weight excluding hydrogens is 323 g/mol. The van der Waals surface area contributed by atoms with E-state index in [0.29, 0.717) is 35.5 Å². The van der Waals surface area contributed by atoms with Crippen molar-refractivity contribution in [1.29, 1.82) is 0 Å². The summed E-state index contributed by atoms with van der Waals surface area (Å²) in [6.07, 6.45) is 3.96. The van der Waals surface area contributed by atoms with Gasteiger partial charge < -0.3 is 15.8 Å². The summed E-state index contributed by atoms with van der Waals surface area (Å²) in [4.78, 5) is 12.3. The van der Waals surface area contributed by atoms with E-state index in [4.69, 9.17) is 22.1 Å². The molecule has 3 N–H and O–H groups in total. The van der Waals surface area contributed by atoms with Crippen LogP contribution in [0.15, 0.2) is 18.2 Å². The van der Waals surface area contributed by atoms with Gasteiger partial charge >= 0.3 is 0 Å². The van der Waals surface area contributed by atoms with Crippen LogP contribution in [0, 0.1) is 11.8 Å². The van der Waals surface area contributed by atoms with E-state index in [2.05, 4.69) is 5.32 Å². The fraction of sp³-hybridized carbons (Fsp3) is 0.562. The Morgan fingerprint density at radius 2 is 2.23 bits per heavy atom. The van der Waals surface area contributed by atoms with Crippen LogP contribution in [0.25, 0.3) is 0 Å². The number of anilines is 1. The largest absolute Gasteiger partial charge is 0.492 e. The SMILES string of the molecule is CCCOc1ccc(NC(=O)[C@@H]2CCC[C@@H]2CN)cc1Cl.Cl. The molecule has 1 saturated carbocycles. The van der Waals surface area contributed by atoms with Gasteiger partial charge in [0.05, 0.1) is 11.6 Å². The lowest BCUT2D eigenvalue weighted by molar-refractivity contribution is -0.120. The van der Waals surface area contributed by atoms with Crippen LogP contribution in [0.3, 0.4) is 0 Å². The van der Waals surface area contributed by atoms with E-state index >= 15 is 0 Å². The third-order valence-corrected chi connectivity index (χ3v) is 4.26. The van der Waals surface area contributed by atoms with Gasteiger partial charge in [0.15, 0.2) is 0 Å². The maximum Gasteiger partial charge on any atom is 0.227 e. The molecule has 1 aromatic rings. The highest BCUT2D eigenvalue weighted by atomic mass is 35.5. The Bertz CT molecular complexity index is 497. The lowest BCUT2D eigenvalue weighted by Gasteiger charge is -2.17. The number of rotatable bonds is 6. The van der Waals surface area contributed by atoms with E-state index in [9.17, 15) is 4.79 Å². The molecule has 0 aromatic heterocycles. The molecule has 1 amide bonds. The van der Waals surface area contributed by atoms with Crippen molar-refractivity contribution in [2.24, 2.45) is 17.6 Å². The third kappa shape index (κ3) is 4.77. The van der Waals surface area contributed by atoms with Crippen molar-refractivity contribution >= 4 is 35.6 Å². The molecule has 2 atom stereocenters. The molecule has 2 rings (SSSR count). The maximum absolute atomic E-state index is 12.3. The van der Waals surface area contributed by atoms with E-state index in [-0.39, 0.29) is 24.2 Å². The number of carbonyl (C=O) groups is 1. The van der Waals surface area contributed by atoms with E-state index < -0.39 is 0 Å². The number of ether oxygens (including phenoxy) is 1. The Labute approximate surface area is 143 Å². The highest BCUT2D eigenvalue weighted by molar-refractivity contribution is 6.32. The molecule has 6 heteroatoms. The van der Waals surface area contributed by atoms with Crippen molar-refractivity contribution in [1.82, 2.24) is 0 Å². The lowest BCUT2D eigenvalue weighted by atomic mass is 9.95. The Morgan fingerprint density at radius 3 is 2.86 bits per heavy atom. The summed E-state index contributed by atoms with van der Waals surface area (Å²) in [5, 5.41) is 3.45. The fourth-order valence-corrected chi connectivity index (χ4v) is 3.04. The van der Waals surface area contributed by atoms with Gasteiger partial charge in [0.25, 0.3) is 0 Å². The summed E-state index contributed by atoms with van der Waals surface area (Å²) in [7, 11) is 0. The summed E-state index contributed by atoms with van der Waals surface area (Å²) < 4.78 is 5.52. The summed E-state index contributed by atoms with van der Waals surface area (Å²) >= 11 is 6.17. The van der Waals surface area contributed by atoms with Crippen LogP contribution in [-0.4, -0.2) is 19.1 Å². The van der Waals surface area contributed by atoms with E-state index in [0.717, 1.165) is 25.7 Å². The standard InChI is InChI=1S/C16H23ClN2O2.ClH/c1-2-8-21-15-7-6-12(9-14(15)17)19-16(20)13-5-3-4-11(13)10-18;/h6-7,9,11,13H,2-5,8,10,18H2,1H3,(H,19,20);1H/t11-,13-;/m1./s1. The average molecular weight is 347 g/mol. The van der Waals surface area contributed by atoms with Gasteiger partial charge in [-0.1, -0.05) is 24.9 Å². The predicted octanol–water partition coefficient (Wildman–Crippen LogP) is 3.86. The zero-order valence-electron chi connectivity index (χ0n) is 12.8. The van der Waals surface area contributed by atoms with Crippen molar-refractivity contribution < 1.29 is 9.53 Å². The first-order chi connectivity index (χ1) is 10.2. The van der Waals surface area contributed by atoms with Gasteiger partial charge in [-0.15, -0.1) is 12.4 Å². The van der Waals surface area contributed by atoms with Crippen LogP contribution >= 0.6 is 24.0 Å². The van der Waals surface area contributed by atoms with Crippen LogP contribution in [0.4, 0.5) is 5.69 Å². The molecule has 1 fully saturated rings. The fourth-order valence-electron chi connectivity index (χ4n) is 2.81. The van der Waals surface area contributed by atoms with Gasteiger partial charge in [-0.05, 0) is 49.9 Å². The highest BCUT2D eigenvalue weighted by Crippen LogP contribution is 2.33. The minimum absolute atomic E-state index is 0. The lowest BCUT2D eigenvalue weighted by Crippen LogP contribution is -2.29. The first-order valence-corrected chi connectivity index (χ1v) is 7.96. The third-order valence-electron chi connectivity index (χ3n) is 3.96. The molecule has 0 heterocycles. The zero-order chi connectivity index (χ0) is 15.2. The molecule has 0 radical (unpaired) electrons. The number of hydrogen-bond acceptors (Lipinski definition) is 3. The van der Waals surface area contributed by atoms with Crippen LogP contribution in [0.2, 0.25) is 5.02 Å². The molecule has 1 aliphatic rings. The number of nitrogens with two attached hydrogens (primary N) is 1. The second kappa shape index (κ2) is 9.23. The molecule has 1 aliphatic carbocycles. The second-order valence-corrected chi connectivity index (χ2v) is 5.92. The first kappa shape index (κ1) is 19.1. The van der Waals surface area contributed by atoms with Gasteiger partial charge in [-0.3, -0.25) is 4.79 Å². The van der Waals surface area contributed by atoms with Crippen LogP contribution in [0.1, 0.15) is 32.6 Å². The number of nitrogens with one attached hydrogen (secondary N) is 1. The Morgan fingerprint density at radius 1 is 1.45 bits per heavy atom. The van der Waals surface area contributed by atoms with Crippen molar-refractivity contribution in [2.75, 3.05) is 18.5 Å². The number of amides is 1. The van der Waals surface area contributed by atoms with E-state index in [1.54, 1.807) is 12.1 Å². The van der Waals surface area contributed by atoms with Gasteiger partial charge in [0.2, 0.25) is 5.91 Å². The minimum atomic E-state index is 0. The first-order valence-electron chi connectivity index (χ1n) is 7.59. The molecule has 0 bridgehead atoms. The van der Waals surface area contributed by atoms with Gasteiger partial charge in [0.1, 0.15) is 5.75 Å². The summed E-state index contributed by atoms with van der Waals surface area (Å²) in [6.45, 7) is 3.24. The molecule has 0 spiro atoms. The molecule has 22 heavy (non-hydrogen) atoms. The molecule has 124 valence electrons. The second-order valence-electron chi connectivity index (χ2n) is 5.52. The number of carbonyl (C=O) groups excluding carboxylic acids is 1. The van der Waals surface area contributed by atoms with Crippen molar-refractivity contribution in [3.8, 4) is 5.75 Å². The van der Waals surface area contributed by atoms with Crippen LogP contribution in [0.5, 0.6) is 5.75 Å². The predicted molar refractivity (Wildman–Crippen MR) is 93.0 cm³/mol. The molecule has 0 unspecified atom stereocenters. The molecule has 1 aromatic carbocycles. The highest BCUT2D eigenvalue weighted by Gasteiger charge is 2.31. The monoisotopic (exact) mass is 346 g/mol. The smallest absolute Gasteiger partial charge is 0.227 e. The van der Waals surface area contributed by atoms with E-state index in [1.807, 2.05) is 13.0 Å². The molecular formula is C16H24Cl2N2O2. The average Bonchev–Trinajstić information content (AvgIpc) is 2.95. The summed E-state index contributed by atoms with van der Waals surface area (Å²) in [6, 6.07) is 5.35. The normalized spacial score (nSPS) is 20.3. The van der Waals surface area contributed by atoms with Crippen molar-refractivity contribution in [3.63, 3.8) is 0 Å². The molecule has 0 aliphatic heterocycles. The zero-order valence-corrected chi connectivity index (χ0v) is 14.4. The minimum Gasteiger partial charge on any atom is -0.492 e. The molecule has 4 nitrogen and oxygen atoms in total. The summed E-state index contributed by atoms with van der Waals surface area (Å²) in [5.74, 6) is 1.01. The Hall–Kier alpha value is -0.970. The maximum atomic E-state index is 12.3. The number of hydrogen-bond donors (Lipinski definition) is 2. The van der Waals surface area contributed by atoms with E-state index in [1.165, 1.54) is 0 Å². The quantitative estimate of drug-likeness (QED) is 0.821. The van der Waals surface area contributed by atoms with Gasteiger partial charge in [-0.25, -0.2) is 0 Å². The Kier molecular flexibility index (Phi) is 8.01. The van der Waals surface area contributed by atoms with Crippen molar-refractivity contribution in [3.05, 3.63) is 23.2 Å². The van der Waals surface area contributed by atoms with Crippen LogP contribution < -0.4 is 15.8 Å². The van der Waals surface area contributed by atoms with Crippen LogP contribution in [-0.2, 0) is 4.79 Å². The van der Waals surface area contributed by atoms with Gasteiger partial charge in [0, 0.05) is 11.6 Å². The van der Waals surface area contributed by atoms with Crippen molar-refractivity contribution in [2.45, 2.75) is 32.6 Å².